The summed E-state index contributed by atoms with van der Waals surface area (Å²) >= 11 is 0. The number of amides is 1. The van der Waals surface area contributed by atoms with Crippen molar-refractivity contribution < 1.29 is 9.32 Å². The number of rotatable bonds is 3. The number of hydrogen-bond donors (Lipinski definition) is 0. The first-order valence-corrected chi connectivity index (χ1v) is 7.54. The molecule has 4 rings (SSSR count). The number of nitrogens with zero attached hydrogens (tertiary/aromatic N) is 4. The van der Waals surface area contributed by atoms with E-state index in [4.69, 9.17) is 4.52 Å². The Bertz CT molecular complexity index is 643. The lowest BCUT2D eigenvalue weighted by Gasteiger charge is -2.33. The lowest BCUT2D eigenvalue weighted by molar-refractivity contribution is -0.139. The maximum absolute atomic E-state index is 12.4. The molecule has 1 fully saturated rings. The van der Waals surface area contributed by atoms with Crippen molar-refractivity contribution in [3.8, 4) is 0 Å². The number of carbonyl (C=O) groups is 1. The van der Waals surface area contributed by atoms with Crippen LogP contribution in [-0.4, -0.2) is 32.3 Å². The molecule has 3 heterocycles. The van der Waals surface area contributed by atoms with E-state index in [-0.39, 0.29) is 5.92 Å². The van der Waals surface area contributed by atoms with E-state index in [1.54, 1.807) is 6.20 Å². The molecular formula is C15H18N4O2. The number of hydrogen-bond acceptors (Lipinski definition) is 4. The second-order valence-corrected chi connectivity index (χ2v) is 5.87. The molecule has 0 bridgehead atoms. The molecule has 0 N–H and O–H groups in total. The second-order valence-electron chi connectivity index (χ2n) is 5.87. The van der Waals surface area contributed by atoms with E-state index in [0.29, 0.717) is 19.0 Å². The SMILES string of the molecule is O=C(C1CCC1)N1CCc2onc(Cn3cccn3)c2C1. The normalized spacial score (nSPS) is 18.4. The molecule has 0 spiro atoms. The fourth-order valence-corrected chi connectivity index (χ4v) is 3.04. The zero-order chi connectivity index (χ0) is 14.2. The van der Waals surface area contributed by atoms with Crippen molar-refractivity contribution in [1.29, 1.82) is 0 Å². The molecule has 0 atom stereocenters. The third-order valence-corrected chi connectivity index (χ3v) is 4.55. The molecule has 0 aromatic carbocycles. The van der Waals surface area contributed by atoms with E-state index >= 15 is 0 Å². The van der Waals surface area contributed by atoms with Gasteiger partial charge in [-0.25, -0.2) is 0 Å². The Hall–Kier alpha value is -2.11. The maximum Gasteiger partial charge on any atom is 0.225 e. The standard InChI is InChI=1S/C15H18N4O2/c20-15(11-3-1-4-11)18-8-5-14-12(9-18)13(17-21-14)10-19-7-2-6-16-19/h2,6-7,11H,1,3-5,8-10H2. The summed E-state index contributed by atoms with van der Waals surface area (Å²) in [5.74, 6) is 1.48. The third kappa shape index (κ3) is 2.24. The minimum atomic E-state index is 0.251. The lowest BCUT2D eigenvalue weighted by Crippen LogP contribution is -2.41. The summed E-state index contributed by atoms with van der Waals surface area (Å²) in [6.07, 6.45) is 7.70. The van der Waals surface area contributed by atoms with E-state index in [1.165, 1.54) is 6.42 Å². The summed E-state index contributed by atoms with van der Waals surface area (Å²) < 4.78 is 7.26. The Labute approximate surface area is 122 Å². The molecule has 110 valence electrons. The van der Waals surface area contributed by atoms with E-state index in [2.05, 4.69) is 10.3 Å². The zero-order valence-electron chi connectivity index (χ0n) is 11.9. The molecule has 2 aromatic heterocycles. The number of carbonyl (C=O) groups excluding carboxylic acids is 1. The highest BCUT2D eigenvalue weighted by Gasteiger charge is 2.33. The van der Waals surface area contributed by atoms with Crippen LogP contribution in [0.2, 0.25) is 0 Å². The highest BCUT2D eigenvalue weighted by molar-refractivity contribution is 5.79. The van der Waals surface area contributed by atoms with Gasteiger partial charge in [-0.1, -0.05) is 11.6 Å². The van der Waals surface area contributed by atoms with Crippen LogP contribution in [0.25, 0.3) is 0 Å². The largest absolute Gasteiger partial charge is 0.361 e. The van der Waals surface area contributed by atoms with Crippen LogP contribution >= 0.6 is 0 Å². The van der Waals surface area contributed by atoms with Crippen molar-refractivity contribution in [2.24, 2.45) is 5.92 Å². The molecule has 1 saturated carbocycles. The molecule has 1 amide bonds. The molecule has 6 nitrogen and oxygen atoms in total. The Kier molecular flexibility index (Phi) is 3.02. The van der Waals surface area contributed by atoms with Crippen LogP contribution in [0.3, 0.4) is 0 Å². The average Bonchev–Trinajstić information content (AvgIpc) is 3.07. The Morgan fingerprint density at radius 2 is 2.33 bits per heavy atom. The van der Waals surface area contributed by atoms with Gasteiger partial charge in [0.25, 0.3) is 0 Å². The molecule has 0 saturated heterocycles. The monoisotopic (exact) mass is 286 g/mol. The van der Waals surface area contributed by atoms with Gasteiger partial charge in [0.05, 0.1) is 13.1 Å². The van der Waals surface area contributed by atoms with Crippen molar-refractivity contribution in [1.82, 2.24) is 19.8 Å². The summed E-state index contributed by atoms with van der Waals surface area (Å²) in [5.41, 5.74) is 1.96. The predicted octanol–water partition coefficient (Wildman–Crippen LogP) is 1.60. The minimum absolute atomic E-state index is 0.251. The van der Waals surface area contributed by atoms with Gasteiger partial charge in [0.15, 0.2) is 0 Å². The molecular weight excluding hydrogens is 268 g/mol. The Morgan fingerprint density at radius 3 is 3.05 bits per heavy atom. The van der Waals surface area contributed by atoms with Crippen molar-refractivity contribution in [2.45, 2.75) is 38.8 Å². The fourth-order valence-electron chi connectivity index (χ4n) is 3.04. The minimum Gasteiger partial charge on any atom is -0.361 e. The van der Waals surface area contributed by atoms with Gasteiger partial charge in [-0.15, -0.1) is 0 Å². The topological polar surface area (TPSA) is 64.2 Å². The first kappa shape index (κ1) is 12.6. The zero-order valence-corrected chi connectivity index (χ0v) is 11.9. The molecule has 1 aliphatic heterocycles. The molecule has 1 aliphatic carbocycles. The smallest absolute Gasteiger partial charge is 0.225 e. The summed E-state index contributed by atoms with van der Waals surface area (Å²) in [6, 6.07) is 1.89. The van der Waals surface area contributed by atoms with Crippen molar-refractivity contribution in [3.05, 3.63) is 35.5 Å². The van der Waals surface area contributed by atoms with E-state index < -0.39 is 0 Å². The average molecular weight is 286 g/mol. The Morgan fingerprint density at radius 1 is 1.43 bits per heavy atom. The quantitative estimate of drug-likeness (QED) is 0.859. The number of aromatic nitrogens is 3. The summed E-state index contributed by atoms with van der Waals surface area (Å²) in [7, 11) is 0. The molecule has 0 unspecified atom stereocenters. The second kappa shape index (κ2) is 5.02. The van der Waals surface area contributed by atoms with Crippen molar-refractivity contribution in [3.63, 3.8) is 0 Å². The van der Waals surface area contributed by atoms with Gasteiger partial charge in [-0.2, -0.15) is 5.10 Å². The van der Waals surface area contributed by atoms with Crippen LogP contribution in [-0.2, 0) is 24.3 Å². The van der Waals surface area contributed by atoms with E-state index in [1.807, 2.05) is 21.8 Å². The molecule has 0 radical (unpaired) electrons. The van der Waals surface area contributed by atoms with Crippen LogP contribution in [0.15, 0.2) is 23.0 Å². The fraction of sp³-hybridized carbons (Fsp3) is 0.533. The van der Waals surface area contributed by atoms with Gasteiger partial charge in [0.1, 0.15) is 11.5 Å². The van der Waals surface area contributed by atoms with Gasteiger partial charge >= 0.3 is 0 Å². The van der Waals surface area contributed by atoms with Gasteiger partial charge in [0, 0.05) is 36.8 Å². The first-order valence-electron chi connectivity index (χ1n) is 7.54. The Balaban J connectivity index is 1.53. The molecule has 2 aromatic rings. The van der Waals surface area contributed by atoms with Crippen LogP contribution < -0.4 is 0 Å². The maximum atomic E-state index is 12.4. The predicted molar refractivity (Wildman–Crippen MR) is 74.3 cm³/mol. The first-order chi connectivity index (χ1) is 10.3. The van der Waals surface area contributed by atoms with Gasteiger partial charge in [-0.3, -0.25) is 9.48 Å². The van der Waals surface area contributed by atoms with E-state index in [0.717, 1.165) is 42.8 Å². The van der Waals surface area contributed by atoms with Crippen LogP contribution in [0, 0.1) is 5.92 Å². The lowest BCUT2D eigenvalue weighted by atomic mass is 9.84. The van der Waals surface area contributed by atoms with Crippen molar-refractivity contribution in [2.75, 3.05) is 6.54 Å². The summed E-state index contributed by atoms with van der Waals surface area (Å²) in [5, 5.41) is 8.37. The van der Waals surface area contributed by atoms with Crippen LogP contribution in [0.4, 0.5) is 0 Å². The summed E-state index contributed by atoms with van der Waals surface area (Å²) in [4.78, 5) is 14.4. The third-order valence-electron chi connectivity index (χ3n) is 4.55. The molecule has 6 heteroatoms. The van der Waals surface area contributed by atoms with Crippen LogP contribution in [0.5, 0.6) is 0 Å². The highest BCUT2D eigenvalue weighted by atomic mass is 16.5. The van der Waals surface area contributed by atoms with Gasteiger partial charge in [0.2, 0.25) is 5.91 Å². The van der Waals surface area contributed by atoms with Gasteiger partial charge < -0.3 is 9.42 Å². The number of fused-ring (bicyclic) bond motifs is 1. The molecule has 21 heavy (non-hydrogen) atoms. The summed E-state index contributed by atoms with van der Waals surface area (Å²) in [6.45, 7) is 1.97. The van der Waals surface area contributed by atoms with Crippen molar-refractivity contribution >= 4 is 5.91 Å². The van der Waals surface area contributed by atoms with Gasteiger partial charge in [-0.05, 0) is 18.9 Å². The molecule has 2 aliphatic rings. The van der Waals surface area contributed by atoms with E-state index in [9.17, 15) is 4.79 Å². The highest BCUT2D eigenvalue weighted by Crippen LogP contribution is 2.31. The van der Waals surface area contributed by atoms with Crippen LogP contribution in [0.1, 0.15) is 36.3 Å².